The number of nitrogens with one attached hydrogen (secondary N) is 1. The normalized spacial score (nSPS) is 16.5. The fourth-order valence-corrected chi connectivity index (χ4v) is 5.02. The van der Waals surface area contributed by atoms with E-state index < -0.39 is 0 Å². The van der Waals surface area contributed by atoms with Crippen LogP contribution < -0.4 is 5.32 Å². The van der Waals surface area contributed by atoms with Crippen LogP contribution in [0, 0.1) is 12.8 Å². The van der Waals surface area contributed by atoms with Crippen LogP contribution in [0.5, 0.6) is 0 Å². The largest absolute Gasteiger partial charge is 0.326 e. The quantitative estimate of drug-likeness (QED) is 0.457. The molecule has 1 N–H and O–H groups in total. The molecule has 2 aromatic rings. The molecule has 2 aromatic carbocycles. The van der Waals surface area contributed by atoms with Crippen molar-refractivity contribution in [2.75, 3.05) is 18.4 Å². The van der Waals surface area contributed by atoms with Crippen molar-refractivity contribution in [1.82, 2.24) is 4.90 Å². The minimum Gasteiger partial charge on any atom is -0.326 e. The lowest BCUT2D eigenvalue weighted by atomic mass is 9.86. The van der Waals surface area contributed by atoms with Crippen LogP contribution >= 0.6 is 11.8 Å². The lowest BCUT2D eigenvalue weighted by molar-refractivity contribution is -0.118. The van der Waals surface area contributed by atoms with E-state index in [9.17, 15) is 4.79 Å². The molecular formula is C27H38N2OS. The number of anilines is 1. The first kappa shape index (κ1) is 23.9. The van der Waals surface area contributed by atoms with E-state index in [1.165, 1.54) is 40.8 Å². The lowest BCUT2D eigenvalue weighted by Gasteiger charge is -2.33. The van der Waals surface area contributed by atoms with Crippen molar-refractivity contribution in [2.45, 2.75) is 76.5 Å². The third-order valence-corrected chi connectivity index (χ3v) is 7.62. The summed E-state index contributed by atoms with van der Waals surface area (Å²) in [5, 5.41) is 3.73. The second-order valence-corrected chi connectivity index (χ2v) is 10.8. The molecule has 1 aliphatic heterocycles. The summed E-state index contributed by atoms with van der Waals surface area (Å²) in [5.41, 5.74) is 5.06. The molecule has 1 fully saturated rings. The van der Waals surface area contributed by atoms with Gasteiger partial charge in [-0.25, -0.2) is 0 Å². The first-order chi connectivity index (χ1) is 14.9. The van der Waals surface area contributed by atoms with Crippen LogP contribution in [0.1, 0.15) is 69.6 Å². The third kappa shape index (κ3) is 6.85. The summed E-state index contributed by atoms with van der Waals surface area (Å²) in [6.07, 6.45) is 3.54. The summed E-state index contributed by atoms with van der Waals surface area (Å²) in [5.74, 6) is 0.648. The highest BCUT2D eigenvalue weighted by atomic mass is 32.2. The monoisotopic (exact) mass is 438 g/mol. The maximum Gasteiger partial charge on any atom is 0.226 e. The number of carbonyl (C=O) groups excluding carboxylic acids is 1. The van der Waals surface area contributed by atoms with E-state index in [0.717, 1.165) is 25.3 Å². The zero-order chi connectivity index (χ0) is 22.4. The Bertz CT molecular complexity index is 854. The molecule has 0 saturated carbocycles. The predicted molar refractivity (Wildman–Crippen MR) is 134 cm³/mol. The first-order valence-electron chi connectivity index (χ1n) is 11.7. The standard InChI is InChI=1S/C27H38N2OS/c1-6-21(5)31-25-11-8-22(9-12-25)18-29-15-13-23(14-16-29)26-17-24(10-7-20(26)4)28-27(30)19(2)3/h7-12,17,19,21,23H,6,13-16,18H2,1-5H3,(H,28,30). The second kappa shape index (κ2) is 11.2. The van der Waals surface area contributed by atoms with E-state index in [0.29, 0.717) is 11.2 Å². The first-order valence-corrected chi connectivity index (χ1v) is 12.6. The molecule has 3 rings (SSSR count). The predicted octanol–water partition coefficient (Wildman–Crippen LogP) is 6.86. The molecule has 1 saturated heterocycles. The third-order valence-electron chi connectivity index (χ3n) is 6.34. The van der Waals surface area contributed by atoms with Gasteiger partial charge in [-0.1, -0.05) is 45.9 Å². The number of piperidine rings is 1. The van der Waals surface area contributed by atoms with E-state index in [1.807, 2.05) is 31.7 Å². The molecule has 0 bridgehead atoms. The van der Waals surface area contributed by atoms with Gasteiger partial charge in [-0.05, 0) is 86.1 Å². The van der Waals surface area contributed by atoms with Crippen LogP contribution in [0.4, 0.5) is 5.69 Å². The van der Waals surface area contributed by atoms with Crippen molar-refractivity contribution >= 4 is 23.4 Å². The topological polar surface area (TPSA) is 32.3 Å². The molecule has 0 spiro atoms. The molecule has 1 unspecified atom stereocenters. The molecule has 168 valence electrons. The highest BCUT2D eigenvalue weighted by Gasteiger charge is 2.22. The zero-order valence-corrected chi connectivity index (χ0v) is 20.6. The molecule has 0 aromatic heterocycles. The Hall–Kier alpha value is -1.78. The van der Waals surface area contributed by atoms with Gasteiger partial charge >= 0.3 is 0 Å². The minimum absolute atomic E-state index is 0.00398. The summed E-state index contributed by atoms with van der Waals surface area (Å²) in [7, 11) is 0. The van der Waals surface area contributed by atoms with Crippen LogP contribution in [0.3, 0.4) is 0 Å². The van der Waals surface area contributed by atoms with Crippen LogP contribution in [0.2, 0.25) is 0 Å². The Morgan fingerprint density at radius 2 is 1.77 bits per heavy atom. The van der Waals surface area contributed by atoms with E-state index in [-0.39, 0.29) is 11.8 Å². The van der Waals surface area contributed by atoms with Gasteiger partial charge in [-0.15, -0.1) is 11.8 Å². The molecule has 31 heavy (non-hydrogen) atoms. The molecule has 0 radical (unpaired) electrons. The lowest BCUT2D eigenvalue weighted by Crippen LogP contribution is -2.32. The molecular weight excluding hydrogens is 400 g/mol. The van der Waals surface area contributed by atoms with Crippen molar-refractivity contribution in [3.63, 3.8) is 0 Å². The van der Waals surface area contributed by atoms with Gasteiger partial charge in [0.05, 0.1) is 0 Å². The number of aryl methyl sites for hydroxylation is 1. The van der Waals surface area contributed by atoms with Gasteiger partial charge in [0.1, 0.15) is 0 Å². The number of amides is 1. The summed E-state index contributed by atoms with van der Waals surface area (Å²) >= 11 is 1.96. The molecule has 1 atom stereocenters. The van der Waals surface area contributed by atoms with Gasteiger partial charge in [0.25, 0.3) is 0 Å². The van der Waals surface area contributed by atoms with E-state index in [4.69, 9.17) is 0 Å². The number of rotatable bonds is 8. The number of thioether (sulfide) groups is 1. The second-order valence-electron chi connectivity index (χ2n) is 9.25. The molecule has 4 heteroatoms. The van der Waals surface area contributed by atoms with Crippen molar-refractivity contribution in [1.29, 1.82) is 0 Å². The smallest absolute Gasteiger partial charge is 0.226 e. The van der Waals surface area contributed by atoms with Crippen LogP contribution in [0.15, 0.2) is 47.4 Å². The van der Waals surface area contributed by atoms with E-state index >= 15 is 0 Å². The Morgan fingerprint density at radius 1 is 1.10 bits per heavy atom. The van der Waals surface area contributed by atoms with E-state index in [1.54, 1.807) is 0 Å². The number of carbonyl (C=O) groups is 1. The Balaban J connectivity index is 1.55. The number of likely N-dealkylation sites (tertiary alicyclic amines) is 1. The summed E-state index contributed by atoms with van der Waals surface area (Å²) in [4.78, 5) is 16.0. The van der Waals surface area contributed by atoms with Gasteiger partial charge in [0.2, 0.25) is 5.91 Å². The van der Waals surface area contributed by atoms with Crippen LogP contribution in [0.25, 0.3) is 0 Å². The number of hydrogen-bond donors (Lipinski definition) is 1. The Kier molecular flexibility index (Phi) is 8.62. The molecule has 0 aliphatic carbocycles. The fourth-order valence-electron chi connectivity index (χ4n) is 4.09. The summed E-state index contributed by atoms with van der Waals surface area (Å²) in [6, 6.07) is 15.5. The number of hydrogen-bond acceptors (Lipinski definition) is 3. The molecule has 1 heterocycles. The summed E-state index contributed by atoms with van der Waals surface area (Å²) < 4.78 is 0. The van der Waals surface area contributed by atoms with Crippen molar-refractivity contribution < 1.29 is 4.79 Å². The Labute approximate surface area is 193 Å². The van der Waals surface area contributed by atoms with Gasteiger partial charge in [0, 0.05) is 28.3 Å². The summed E-state index contributed by atoms with van der Waals surface area (Å²) in [6.45, 7) is 13.9. The minimum atomic E-state index is -0.00398. The average Bonchev–Trinajstić information content (AvgIpc) is 2.77. The highest BCUT2D eigenvalue weighted by Crippen LogP contribution is 2.33. The van der Waals surface area contributed by atoms with Gasteiger partial charge in [-0.3, -0.25) is 9.69 Å². The zero-order valence-electron chi connectivity index (χ0n) is 19.8. The fraction of sp³-hybridized carbons (Fsp3) is 0.519. The maximum atomic E-state index is 12.1. The Morgan fingerprint density at radius 3 is 2.39 bits per heavy atom. The molecule has 1 aliphatic rings. The van der Waals surface area contributed by atoms with E-state index in [2.05, 4.69) is 67.4 Å². The van der Waals surface area contributed by atoms with Crippen LogP contribution in [-0.2, 0) is 11.3 Å². The van der Waals surface area contributed by atoms with Gasteiger partial charge in [0.15, 0.2) is 0 Å². The number of benzene rings is 2. The molecule has 1 amide bonds. The van der Waals surface area contributed by atoms with Gasteiger partial charge < -0.3 is 5.32 Å². The maximum absolute atomic E-state index is 12.1. The van der Waals surface area contributed by atoms with Gasteiger partial charge in [-0.2, -0.15) is 0 Å². The SMILES string of the molecule is CCC(C)Sc1ccc(CN2CCC(c3cc(NC(=O)C(C)C)ccc3C)CC2)cc1. The number of nitrogens with zero attached hydrogens (tertiary/aromatic N) is 1. The average molecular weight is 439 g/mol. The molecule has 3 nitrogen and oxygen atoms in total. The van der Waals surface area contributed by atoms with Crippen molar-refractivity contribution in [3.8, 4) is 0 Å². The van der Waals surface area contributed by atoms with Crippen molar-refractivity contribution in [3.05, 3.63) is 59.2 Å². The highest BCUT2D eigenvalue weighted by molar-refractivity contribution is 7.99. The van der Waals surface area contributed by atoms with Crippen molar-refractivity contribution in [2.24, 2.45) is 5.92 Å². The van der Waals surface area contributed by atoms with Crippen LogP contribution in [-0.4, -0.2) is 29.1 Å².